The van der Waals surface area contributed by atoms with Crippen LogP contribution in [0.15, 0.2) is 24.3 Å². The Kier molecular flexibility index (Phi) is 9.20. The van der Waals surface area contributed by atoms with E-state index in [0.717, 1.165) is 25.0 Å². The molecule has 0 radical (unpaired) electrons. The van der Waals surface area contributed by atoms with E-state index < -0.39 is 0 Å². The summed E-state index contributed by atoms with van der Waals surface area (Å²) >= 11 is 5.37. The molecular formula is C21H30N2O4S. The molecule has 6 nitrogen and oxygen atoms in total. The summed E-state index contributed by atoms with van der Waals surface area (Å²) < 4.78 is 10.7. The average molecular weight is 407 g/mol. The predicted molar refractivity (Wildman–Crippen MR) is 112 cm³/mol. The largest absolute Gasteiger partial charge is 0.494 e. The number of likely N-dealkylation sites (tertiary alicyclic amines) is 1. The first kappa shape index (κ1) is 22.1. The average Bonchev–Trinajstić information content (AvgIpc) is 2.72. The zero-order chi connectivity index (χ0) is 20.4. The second kappa shape index (κ2) is 11.6. The third-order valence-electron chi connectivity index (χ3n) is 4.76. The van der Waals surface area contributed by atoms with E-state index >= 15 is 0 Å². The Morgan fingerprint density at radius 1 is 1.14 bits per heavy atom. The Morgan fingerprint density at radius 3 is 2.43 bits per heavy atom. The Bertz CT molecular complexity index is 655. The number of carbonyl (C=O) groups excluding carboxylic acids is 2. The normalized spacial score (nSPS) is 14.4. The van der Waals surface area contributed by atoms with Crippen molar-refractivity contribution in [2.45, 2.75) is 46.0 Å². The fourth-order valence-electron chi connectivity index (χ4n) is 3.07. The molecule has 2 rings (SSSR count). The highest BCUT2D eigenvalue weighted by Crippen LogP contribution is 2.19. The molecule has 1 aromatic carbocycles. The minimum atomic E-state index is -0.241. The van der Waals surface area contributed by atoms with E-state index in [4.69, 9.17) is 21.7 Å². The molecule has 1 aliphatic heterocycles. The van der Waals surface area contributed by atoms with Crippen LogP contribution in [0.5, 0.6) is 5.75 Å². The second-order valence-corrected chi connectivity index (χ2v) is 7.24. The van der Waals surface area contributed by atoms with Gasteiger partial charge in [-0.1, -0.05) is 19.8 Å². The topological polar surface area (TPSA) is 67.9 Å². The molecule has 0 aromatic heterocycles. The number of thiocarbonyl (C=S) groups is 1. The summed E-state index contributed by atoms with van der Waals surface area (Å²) in [6.45, 7) is 6.31. The van der Waals surface area contributed by atoms with Crippen LogP contribution in [0.1, 0.15) is 56.3 Å². The molecule has 0 bridgehead atoms. The van der Waals surface area contributed by atoms with Crippen LogP contribution in [-0.4, -0.2) is 48.2 Å². The van der Waals surface area contributed by atoms with Gasteiger partial charge in [-0.2, -0.15) is 0 Å². The smallest absolute Gasteiger partial charge is 0.309 e. The lowest BCUT2D eigenvalue weighted by molar-refractivity contribution is -0.149. The lowest BCUT2D eigenvalue weighted by Crippen LogP contribution is -2.47. The van der Waals surface area contributed by atoms with Crippen LogP contribution in [0.4, 0.5) is 0 Å². The number of unbranched alkanes of at least 4 members (excludes halogenated alkanes) is 2. The number of hydrogen-bond acceptors (Lipinski definition) is 5. The van der Waals surface area contributed by atoms with Crippen LogP contribution in [0, 0.1) is 5.92 Å². The molecule has 1 fully saturated rings. The maximum absolute atomic E-state index is 12.4. The third kappa shape index (κ3) is 6.78. The summed E-state index contributed by atoms with van der Waals surface area (Å²) in [6.07, 6.45) is 4.69. The Morgan fingerprint density at radius 2 is 1.82 bits per heavy atom. The minimum Gasteiger partial charge on any atom is -0.494 e. The highest BCUT2D eigenvalue weighted by atomic mass is 32.1. The number of benzene rings is 1. The quantitative estimate of drug-likeness (QED) is 0.405. The molecule has 0 saturated carbocycles. The monoisotopic (exact) mass is 406 g/mol. The van der Waals surface area contributed by atoms with Crippen molar-refractivity contribution in [2.24, 2.45) is 5.92 Å². The van der Waals surface area contributed by atoms with Crippen LogP contribution in [0.25, 0.3) is 0 Å². The van der Waals surface area contributed by atoms with Crippen LogP contribution >= 0.6 is 12.2 Å². The standard InChI is InChI=1S/C21H30N2O4S/c1-3-5-6-15-27-18-9-7-16(8-10-18)19(24)22-21(28)23-13-11-17(12-14-23)20(25)26-4-2/h7-10,17H,3-6,11-15H2,1-2H3,(H,22,24,28). The van der Waals surface area contributed by atoms with Gasteiger partial charge in [0, 0.05) is 18.7 Å². The number of ether oxygens (including phenoxy) is 2. The molecule has 0 aliphatic carbocycles. The van der Waals surface area contributed by atoms with Crippen molar-refractivity contribution in [3.05, 3.63) is 29.8 Å². The highest BCUT2D eigenvalue weighted by molar-refractivity contribution is 7.80. The summed E-state index contributed by atoms with van der Waals surface area (Å²) in [4.78, 5) is 26.2. The molecule has 7 heteroatoms. The number of amides is 1. The highest BCUT2D eigenvalue weighted by Gasteiger charge is 2.27. The Balaban J connectivity index is 1.78. The van der Waals surface area contributed by atoms with Crippen LogP contribution in [0.3, 0.4) is 0 Å². The fourth-order valence-corrected chi connectivity index (χ4v) is 3.35. The molecule has 1 aliphatic rings. The molecule has 154 valence electrons. The van der Waals surface area contributed by atoms with Crippen molar-refractivity contribution >= 4 is 29.2 Å². The molecular weight excluding hydrogens is 376 g/mol. The molecule has 0 unspecified atom stereocenters. The molecule has 1 amide bonds. The van der Waals surface area contributed by atoms with E-state index in [-0.39, 0.29) is 17.8 Å². The van der Waals surface area contributed by atoms with Gasteiger partial charge in [0.1, 0.15) is 5.75 Å². The predicted octanol–water partition coefficient (Wildman–Crippen LogP) is 3.55. The molecule has 1 aromatic rings. The van der Waals surface area contributed by atoms with Gasteiger partial charge in [0.15, 0.2) is 5.11 Å². The summed E-state index contributed by atoms with van der Waals surface area (Å²) in [6, 6.07) is 7.07. The van der Waals surface area contributed by atoms with E-state index in [1.807, 2.05) is 11.8 Å². The fraction of sp³-hybridized carbons (Fsp3) is 0.571. The second-order valence-electron chi connectivity index (χ2n) is 6.85. The zero-order valence-corrected chi connectivity index (χ0v) is 17.6. The summed E-state index contributed by atoms with van der Waals surface area (Å²) in [7, 11) is 0. The first-order chi connectivity index (χ1) is 13.5. The van der Waals surface area contributed by atoms with Crippen molar-refractivity contribution in [1.29, 1.82) is 0 Å². The number of nitrogens with one attached hydrogen (secondary N) is 1. The number of hydrogen-bond donors (Lipinski definition) is 1. The first-order valence-electron chi connectivity index (χ1n) is 10.0. The molecule has 28 heavy (non-hydrogen) atoms. The van der Waals surface area contributed by atoms with E-state index in [9.17, 15) is 9.59 Å². The maximum Gasteiger partial charge on any atom is 0.309 e. The first-order valence-corrected chi connectivity index (χ1v) is 10.5. The molecule has 1 heterocycles. The molecule has 0 spiro atoms. The number of rotatable bonds is 8. The van der Waals surface area contributed by atoms with E-state index in [1.165, 1.54) is 0 Å². The number of esters is 1. The number of piperidine rings is 1. The summed E-state index contributed by atoms with van der Waals surface area (Å²) in [5.41, 5.74) is 0.532. The van der Waals surface area contributed by atoms with Gasteiger partial charge < -0.3 is 14.4 Å². The van der Waals surface area contributed by atoms with Crippen molar-refractivity contribution in [2.75, 3.05) is 26.3 Å². The number of carbonyl (C=O) groups is 2. The van der Waals surface area contributed by atoms with Gasteiger partial charge in [0.05, 0.1) is 19.1 Å². The molecule has 1 N–H and O–H groups in total. The molecule has 1 saturated heterocycles. The van der Waals surface area contributed by atoms with Crippen molar-refractivity contribution in [3.63, 3.8) is 0 Å². The Hall–Kier alpha value is -2.15. The van der Waals surface area contributed by atoms with Crippen LogP contribution in [-0.2, 0) is 9.53 Å². The van der Waals surface area contributed by atoms with Crippen molar-refractivity contribution in [3.8, 4) is 5.75 Å². The zero-order valence-electron chi connectivity index (χ0n) is 16.7. The van der Waals surface area contributed by atoms with Crippen LogP contribution < -0.4 is 10.1 Å². The minimum absolute atomic E-state index is 0.0837. The number of nitrogens with zero attached hydrogens (tertiary/aromatic N) is 1. The molecule has 0 atom stereocenters. The lowest BCUT2D eigenvalue weighted by atomic mass is 9.97. The van der Waals surface area contributed by atoms with E-state index in [0.29, 0.717) is 49.8 Å². The summed E-state index contributed by atoms with van der Waals surface area (Å²) in [5.74, 6) is 0.292. The van der Waals surface area contributed by atoms with Gasteiger partial charge >= 0.3 is 5.97 Å². The Labute approximate surface area is 172 Å². The van der Waals surface area contributed by atoms with Crippen molar-refractivity contribution < 1.29 is 19.1 Å². The van der Waals surface area contributed by atoms with Gasteiger partial charge in [-0.25, -0.2) is 0 Å². The van der Waals surface area contributed by atoms with Gasteiger partial charge in [0.25, 0.3) is 5.91 Å². The lowest BCUT2D eigenvalue weighted by Gasteiger charge is -2.32. The SMILES string of the molecule is CCCCCOc1ccc(C(=O)NC(=S)N2CCC(C(=O)OCC)CC2)cc1. The third-order valence-corrected chi connectivity index (χ3v) is 5.12. The van der Waals surface area contributed by atoms with Gasteiger partial charge in [0.2, 0.25) is 0 Å². The van der Waals surface area contributed by atoms with E-state index in [1.54, 1.807) is 24.3 Å². The van der Waals surface area contributed by atoms with Gasteiger partial charge in [-0.15, -0.1) is 0 Å². The summed E-state index contributed by atoms with van der Waals surface area (Å²) in [5, 5.41) is 3.17. The van der Waals surface area contributed by atoms with Gasteiger partial charge in [-0.3, -0.25) is 14.9 Å². The maximum atomic E-state index is 12.4. The van der Waals surface area contributed by atoms with Crippen LogP contribution in [0.2, 0.25) is 0 Å². The van der Waals surface area contributed by atoms with Crippen molar-refractivity contribution in [1.82, 2.24) is 10.2 Å². The van der Waals surface area contributed by atoms with Gasteiger partial charge in [-0.05, 0) is 62.7 Å². The van der Waals surface area contributed by atoms with E-state index in [2.05, 4.69) is 12.2 Å².